The van der Waals surface area contributed by atoms with E-state index in [4.69, 9.17) is 5.73 Å². The molecule has 1 fully saturated rings. The molecule has 0 saturated carbocycles. The molecule has 0 bridgehead atoms. The molecule has 2 aromatic rings. The van der Waals surface area contributed by atoms with Gasteiger partial charge in [0, 0.05) is 18.7 Å². The Bertz CT molecular complexity index is 706. The van der Waals surface area contributed by atoms with Gasteiger partial charge in [-0.15, -0.1) is 0 Å². The monoisotopic (exact) mass is 379 g/mol. The van der Waals surface area contributed by atoms with Gasteiger partial charge in [0.1, 0.15) is 0 Å². The lowest BCUT2D eigenvalue weighted by molar-refractivity contribution is 0.0952. The number of carbonyl (C=O) groups is 1. The van der Waals surface area contributed by atoms with E-state index >= 15 is 0 Å². The van der Waals surface area contributed by atoms with Gasteiger partial charge in [-0.05, 0) is 80.9 Å². The number of likely N-dealkylation sites (tertiary alicyclic amines) is 1. The first-order valence-electron chi connectivity index (χ1n) is 10.6. The third-order valence-electron chi connectivity index (χ3n) is 5.71. The number of carbonyl (C=O) groups excluding carboxylic acids is 1. The van der Waals surface area contributed by atoms with Crippen LogP contribution in [-0.2, 0) is 13.0 Å². The van der Waals surface area contributed by atoms with Gasteiger partial charge >= 0.3 is 0 Å². The fraction of sp³-hybridized carbons (Fsp3) is 0.458. The van der Waals surface area contributed by atoms with E-state index in [2.05, 4.69) is 40.5 Å². The Morgan fingerprint density at radius 2 is 1.68 bits per heavy atom. The van der Waals surface area contributed by atoms with Crippen molar-refractivity contribution in [3.8, 4) is 0 Å². The average Bonchev–Trinajstić information content (AvgIpc) is 2.75. The van der Waals surface area contributed by atoms with Gasteiger partial charge in [0.25, 0.3) is 5.91 Å². The van der Waals surface area contributed by atoms with Crippen molar-refractivity contribution in [1.29, 1.82) is 0 Å². The van der Waals surface area contributed by atoms with Crippen molar-refractivity contribution in [2.24, 2.45) is 11.7 Å². The summed E-state index contributed by atoms with van der Waals surface area (Å²) in [5, 5.41) is 3.02. The summed E-state index contributed by atoms with van der Waals surface area (Å²) in [4.78, 5) is 14.7. The second-order valence-corrected chi connectivity index (χ2v) is 7.84. The smallest absolute Gasteiger partial charge is 0.251 e. The predicted molar refractivity (Wildman–Crippen MR) is 115 cm³/mol. The van der Waals surface area contributed by atoms with Crippen LogP contribution in [0.5, 0.6) is 0 Å². The van der Waals surface area contributed by atoms with Crippen LogP contribution in [0.15, 0.2) is 54.6 Å². The second-order valence-electron chi connectivity index (χ2n) is 7.84. The van der Waals surface area contributed by atoms with Crippen LogP contribution in [0.2, 0.25) is 0 Å². The lowest BCUT2D eigenvalue weighted by atomic mass is 9.90. The van der Waals surface area contributed by atoms with Crippen molar-refractivity contribution >= 4 is 5.91 Å². The quantitative estimate of drug-likeness (QED) is 0.655. The molecule has 1 aliphatic rings. The number of nitrogens with one attached hydrogen (secondary N) is 1. The predicted octanol–water partition coefficient (Wildman–Crippen LogP) is 3.61. The Kier molecular flexibility index (Phi) is 8.07. The molecular formula is C24H33N3O. The first-order chi connectivity index (χ1) is 13.7. The number of hydrogen-bond donors (Lipinski definition) is 2. The van der Waals surface area contributed by atoms with E-state index in [1.165, 1.54) is 37.9 Å². The zero-order valence-electron chi connectivity index (χ0n) is 16.8. The summed E-state index contributed by atoms with van der Waals surface area (Å²) in [6.45, 7) is 4.79. The summed E-state index contributed by atoms with van der Waals surface area (Å²) in [5.41, 5.74) is 8.81. The molecule has 4 heteroatoms. The van der Waals surface area contributed by atoms with Gasteiger partial charge in [0.15, 0.2) is 0 Å². The molecule has 150 valence electrons. The molecule has 4 nitrogen and oxygen atoms in total. The van der Waals surface area contributed by atoms with Crippen LogP contribution in [0, 0.1) is 5.92 Å². The molecule has 0 spiro atoms. The summed E-state index contributed by atoms with van der Waals surface area (Å²) in [6, 6.07) is 18.4. The number of benzene rings is 2. The molecule has 0 aromatic heterocycles. The normalized spacial score (nSPS) is 15.5. The van der Waals surface area contributed by atoms with Crippen LogP contribution >= 0.6 is 0 Å². The molecule has 0 aliphatic carbocycles. The highest BCUT2D eigenvalue weighted by Crippen LogP contribution is 2.21. The highest BCUT2D eigenvalue weighted by molar-refractivity contribution is 5.94. The Morgan fingerprint density at radius 1 is 0.964 bits per heavy atom. The van der Waals surface area contributed by atoms with Gasteiger partial charge in [-0.3, -0.25) is 4.79 Å². The highest BCUT2D eigenvalue weighted by Gasteiger charge is 2.18. The fourth-order valence-electron chi connectivity index (χ4n) is 3.92. The van der Waals surface area contributed by atoms with E-state index in [9.17, 15) is 4.79 Å². The number of nitrogens with zero attached hydrogens (tertiary/aromatic N) is 1. The second kappa shape index (κ2) is 11.0. The molecule has 1 saturated heterocycles. The minimum atomic E-state index is 0.00491. The fourth-order valence-corrected chi connectivity index (χ4v) is 3.92. The van der Waals surface area contributed by atoms with Gasteiger partial charge in [-0.2, -0.15) is 0 Å². The van der Waals surface area contributed by atoms with Gasteiger partial charge in [0.05, 0.1) is 0 Å². The van der Waals surface area contributed by atoms with Crippen LogP contribution in [0.1, 0.15) is 47.2 Å². The molecule has 0 unspecified atom stereocenters. The summed E-state index contributed by atoms with van der Waals surface area (Å²) in [5.74, 6) is 0.828. The number of hydrogen-bond acceptors (Lipinski definition) is 3. The van der Waals surface area contributed by atoms with Crippen molar-refractivity contribution in [3.05, 3.63) is 71.3 Å². The van der Waals surface area contributed by atoms with Crippen molar-refractivity contribution in [2.45, 2.75) is 38.6 Å². The van der Waals surface area contributed by atoms with Gasteiger partial charge in [-0.25, -0.2) is 0 Å². The molecule has 2 aromatic carbocycles. The minimum Gasteiger partial charge on any atom is -0.352 e. The Morgan fingerprint density at radius 3 is 2.36 bits per heavy atom. The van der Waals surface area contributed by atoms with Crippen LogP contribution < -0.4 is 11.1 Å². The zero-order valence-corrected chi connectivity index (χ0v) is 16.8. The van der Waals surface area contributed by atoms with Crippen molar-refractivity contribution in [1.82, 2.24) is 10.2 Å². The highest BCUT2D eigenvalue weighted by atomic mass is 16.1. The van der Waals surface area contributed by atoms with Gasteiger partial charge in [0.2, 0.25) is 0 Å². The minimum absolute atomic E-state index is 0.00491. The molecule has 3 N–H and O–H groups in total. The summed E-state index contributed by atoms with van der Waals surface area (Å²) < 4.78 is 0. The van der Waals surface area contributed by atoms with E-state index in [-0.39, 0.29) is 5.91 Å². The Hall–Kier alpha value is -2.17. The van der Waals surface area contributed by atoms with Crippen LogP contribution in [-0.4, -0.2) is 37.0 Å². The lowest BCUT2D eigenvalue weighted by Crippen LogP contribution is -2.35. The first-order valence-corrected chi connectivity index (χ1v) is 10.6. The SMILES string of the molecule is NCc1ccc(C(=O)NCCCCN2CCC(Cc3ccccc3)CC2)cc1. The molecular weight excluding hydrogens is 346 g/mol. The molecule has 3 rings (SSSR count). The first kappa shape index (κ1) is 20.6. The third kappa shape index (κ3) is 6.47. The maximum atomic E-state index is 12.1. The molecule has 1 amide bonds. The molecule has 1 heterocycles. The third-order valence-corrected chi connectivity index (χ3v) is 5.71. The van der Waals surface area contributed by atoms with E-state index in [1.54, 1.807) is 0 Å². The number of rotatable bonds is 9. The van der Waals surface area contributed by atoms with Crippen molar-refractivity contribution < 1.29 is 4.79 Å². The summed E-state index contributed by atoms with van der Waals surface area (Å²) in [7, 11) is 0. The van der Waals surface area contributed by atoms with Gasteiger partial charge < -0.3 is 16.0 Å². The zero-order chi connectivity index (χ0) is 19.6. The Labute approximate surface area is 169 Å². The standard InChI is InChI=1S/C24H33N3O/c25-19-22-8-10-23(11-9-22)24(28)26-14-4-5-15-27-16-12-21(13-17-27)18-20-6-2-1-3-7-20/h1-3,6-11,21H,4-5,12-19,25H2,(H,26,28). The summed E-state index contributed by atoms with van der Waals surface area (Å²) >= 11 is 0. The van der Waals surface area contributed by atoms with Gasteiger partial charge in [-0.1, -0.05) is 42.5 Å². The Balaban J connectivity index is 1.26. The average molecular weight is 380 g/mol. The molecule has 28 heavy (non-hydrogen) atoms. The maximum absolute atomic E-state index is 12.1. The molecule has 0 radical (unpaired) electrons. The van der Waals surface area contributed by atoms with E-state index in [1.807, 2.05) is 24.3 Å². The number of unbranched alkanes of at least 4 members (excludes halogenated alkanes) is 1. The summed E-state index contributed by atoms with van der Waals surface area (Å²) in [6.07, 6.45) is 5.97. The van der Waals surface area contributed by atoms with Crippen molar-refractivity contribution in [2.75, 3.05) is 26.2 Å². The maximum Gasteiger partial charge on any atom is 0.251 e. The number of piperidine rings is 1. The lowest BCUT2D eigenvalue weighted by Gasteiger charge is -2.32. The van der Waals surface area contributed by atoms with E-state index in [0.29, 0.717) is 12.1 Å². The largest absolute Gasteiger partial charge is 0.352 e. The van der Waals surface area contributed by atoms with Crippen LogP contribution in [0.3, 0.4) is 0 Å². The number of nitrogens with two attached hydrogens (primary N) is 1. The van der Waals surface area contributed by atoms with Crippen molar-refractivity contribution in [3.63, 3.8) is 0 Å². The van der Waals surface area contributed by atoms with E-state index < -0.39 is 0 Å². The topological polar surface area (TPSA) is 58.4 Å². The van der Waals surface area contributed by atoms with Crippen LogP contribution in [0.4, 0.5) is 0 Å². The number of amides is 1. The van der Waals surface area contributed by atoms with E-state index in [0.717, 1.165) is 37.4 Å². The molecule has 1 aliphatic heterocycles. The van der Waals surface area contributed by atoms with Crippen LogP contribution in [0.25, 0.3) is 0 Å². The molecule has 0 atom stereocenters.